The van der Waals surface area contributed by atoms with Crippen LogP contribution in [-0.2, 0) is 12.7 Å². The fourth-order valence-electron chi connectivity index (χ4n) is 1.75. The molecule has 0 heterocycles. The van der Waals surface area contributed by atoms with Crippen LogP contribution in [0.5, 0.6) is 0 Å². The van der Waals surface area contributed by atoms with Gasteiger partial charge in [0.05, 0.1) is 10.6 Å². The quantitative estimate of drug-likeness (QED) is 0.631. The molecule has 0 fully saturated rings. The van der Waals surface area contributed by atoms with E-state index in [-0.39, 0.29) is 17.3 Å². The Morgan fingerprint density at radius 2 is 1.76 bits per heavy atom. The van der Waals surface area contributed by atoms with E-state index < -0.39 is 11.7 Å². The van der Waals surface area contributed by atoms with Gasteiger partial charge in [-0.2, -0.15) is 13.2 Å². The first-order valence-electron chi connectivity index (χ1n) is 5.82. The standard InChI is InChI=1S/C14H9BrCl2F3N/c15-11-5-8(1-3-12(11)17)7-21-13-4-2-9(16)6-10(13)14(18,19)20/h1-6,21H,7H2. The normalized spacial score (nSPS) is 11.5. The average molecular weight is 399 g/mol. The van der Waals surface area contributed by atoms with Gasteiger partial charge in [0.25, 0.3) is 0 Å². The van der Waals surface area contributed by atoms with Crippen LogP contribution in [0.1, 0.15) is 11.1 Å². The van der Waals surface area contributed by atoms with Crippen molar-refractivity contribution in [2.75, 3.05) is 5.32 Å². The minimum Gasteiger partial charge on any atom is -0.380 e. The van der Waals surface area contributed by atoms with E-state index in [0.29, 0.717) is 9.50 Å². The maximum absolute atomic E-state index is 12.9. The number of anilines is 1. The van der Waals surface area contributed by atoms with Crippen molar-refractivity contribution in [2.45, 2.75) is 12.7 Å². The molecule has 7 heteroatoms. The van der Waals surface area contributed by atoms with Crippen LogP contribution >= 0.6 is 39.1 Å². The molecule has 1 N–H and O–H groups in total. The predicted molar refractivity (Wildman–Crippen MR) is 82.9 cm³/mol. The number of hydrogen-bond acceptors (Lipinski definition) is 1. The van der Waals surface area contributed by atoms with Crippen molar-refractivity contribution in [3.8, 4) is 0 Å². The van der Waals surface area contributed by atoms with Gasteiger partial charge in [-0.3, -0.25) is 0 Å². The van der Waals surface area contributed by atoms with E-state index in [1.54, 1.807) is 18.2 Å². The van der Waals surface area contributed by atoms with Crippen LogP contribution in [0.2, 0.25) is 10.0 Å². The fourth-order valence-corrected chi connectivity index (χ4v) is 2.47. The first kappa shape index (κ1) is 16.5. The van der Waals surface area contributed by atoms with Crippen LogP contribution in [0, 0.1) is 0 Å². The van der Waals surface area contributed by atoms with Crippen molar-refractivity contribution >= 4 is 44.8 Å². The van der Waals surface area contributed by atoms with Gasteiger partial charge in [0.15, 0.2) is 0 Å². The molecule has 0 bridgehead atoms. The number of benzene rings is 2. The minimum absolute atomic E-state index is 0.0158. The number of hydrogen-bond donors (Lipinski definition) is 1. The summed E-state index contributed by atoms with van der Waals surface area (Å²) in [5.74, 6) is 0. The van der Waals surface area contributed by atoms with Crippen molar-refractivity contribution in [2.24, 2.45) is 0 Å². The lowest BCUT2D eigenvalue weighted by Crippen LogP contribution is -2.10. The smallest absolute Gasteiger partial charge is 0.380 e. The van der Waals surface area contributed by atoms with E-state index in [1.165, 1.54) is 12.1 Å². The maximum Gasteiger partial charge on any atom is 0.418 e. The second-order valence-electron chi connectivity index (χ2n) is 4.29. The zero-order valence-corrected chi connectivity index (χ0v) is 13.5. The molecule has 0 aliphatic carbocycles. The third-order valence-corrected chi connectivity index (χ3v) is 4.20. The van der Waals surface area contributed by atoms with Gasteiger partial charge >= 0.3 is 6.18 Å². The first-order valence-corrected chi connectivity index (χ1v) is 7.37. The van der Waals surface area contributed by atoms with E-state index in [0.717, 1.165) is 11.6 Å². The van der Waals surface area contributed by atoms with Crippen LogP contribution in [0.15, 0.2) is 40.9 Å². The molecule has 1 nitrogen and oxygen atoms in total. The Balaban J connectivity index is 2.22. The van der Waals surface area contributed by atoms with E-state index in [2.05, 4.69) is 21.2 Å². The molecule has 0 aromatic heterocycles. The molecular formula is C14H9BrCl2F3N. The SMILES string of the molecule is FC(F)(F)c1cc(Cl)ccc1NCc1ccc(Cl)c(Br)c1. The summed E-state index contributed by atoms with van der Waals surface area (Å²) in [6.07, 6.45) is -4.46. The first-order chi connectivity index (χ1) is 9.77. The lowest BCUT2D eigenvalue weighted by Gasteiger charge is -2.15. The van der Waals surface area contributed by atoms with E-state index >= 15 is 0 Å². The highest BCUT2D eigenvalue weighted by Crippen LogP contribution is 2.36. The number of nitrogens with one attached hydrogen (secondary N) is 1. The number of alkyl halides is 3. The Hall–Kier alpha value is -0.910. The second kappa shape index (κ2) is 6.46. The summed E-state index contributed by atoms with van der Waals surface area (Å²) >= 11 is 14.8. The summed E-state index contributed by atoms with van der Waals surface area (Å²) in [5, 5.41) is 3.35. The monoisotopic (exact) mass is 397 g/mol. The zero-order valence-electron chi connectivity index (χ0n) is 10.4. The highest BCUT2D eigenvalue weighted by atomic mass is 79.9. The van der Waals surface area contributed by atoms with Crippen molar-refractivity contribution in [1.29, 1.82) is 0 Å². The minimum atomic E-state index is -4.46. The largest absolute Gasteiger partial charge is 0.418 e. The molecule has 0 atom stereocenters. The summed E-state index contributed by atoms with van der Waals surface area (Å²) in [4.78, 5) is 0. The molecule has 2 rings (SSSR count). The van der Waals surface area contributed by atoms with E-state index in [1.807, 2.05) is 0 Å². The van der Waals surface area contributed by atoms with Crippen LogP contribution in [-0.4, -0.2) is 0 Å². The third kappa shape index (κ3) is 4.28. The van der Waals surface area contributed by atoms with Gasteiger partial charge in [-0.1, -0.05) is 29.3 Å². The van der Waals surface area contributed by atoms with Gasteiger partial charge in [0, 0.05) is 21.7 Å². The zero-order chi connectivity index (χ0) is 15.6. The molecule has 2 aromatic rings. The summed E-state index contributed by atoms with van der Waals surface area (Å²) < 4.78 is 39.5. The molecule has 0 radical (unpaired) electrons. The topological polar surface area (TPSA) is 12.0 Å². The molecule has 0 unspecified atom stereocenters. The van der Waals surface area contributed by atoms with Crippen molar-refractivity contribution in [3.63, 3.8) is 0 Å². The van der Waals surface area contributed by atoms with Gasteiger partial charge in [-0.25, -0.2) is 0 Å². The molecule has 0 saturated heterocycles. The third-order valence-electron chi connectivity index (χ3n) is 2.75. The predicted octanol–water partition coefficient (Wildman–Crippen LogP) is 6.39. The van der Waals surface area contributed by atoms with Crippen molar-refractivity contribution in [1.82, 2.24) is 0 Å². The Kier molecular flexibility index (Phi) is 5.07. The van der Waals surface area contributed by atoms with Crippen molar-refractivity contribution < 1.29 is 13.2 Å². The van der Waals surface area contributed by atoms with E-state index in [9.17, 15) is 13.2 Å². The highest BCUT2D eigenvalue weighted by molar-refractivity contribution is 9.10. The molecule has 112 valence electrons. The van der Waals surface area contributed by atoms with Gasteiger partial charge in [0.2, 0.25) is 0 Å². The van der Waals surface area contributed by atoms with E-state index in [4.69, 9.17) is 23.2 Å². The highest BCUT2D eigenvalue weighted by Gasteiger charge is 2.33. The Labute approximate surface area is 138 Å². The van der Waals surface area contributed by atoms with Gasteiger partial charge in [-0.05, 0) is 51.8 Å². The molecule has 2 aromatic carbocycles. The Morgan fingerprint density at radius 1 is 1.05 bits per heavy atom. The maximum atomic E-state index is 12.9. The van der Waals surface area contributed by atoms with Gasteiger partial charge < -0.3 is 5.32 Å². The number of rotatable bonds is 3. The Bertz CT molecular complexity index is 659. The Morgan fingerprint density at radius 3 is 2.38 bits per heavy atom. The average Bonchev–Trinajstić information content (AvgIpc) is 2.40. The van der Waals surface area contributed by atoms with Crippen LogP contribution < -0.4 is 5.32 Å². The lowest BCUT2D eigenvalue weighted by molar-refractivity contribution is -0.136. The van der Waals surface area contributed by atoms with Gasteiger partial charge in [0.1, 0.15) is 0 Å². The van der Waals surface area contributed by atoms with Crippen LogP contribution in [0.25, 0.3) is 0 Å². The molecule has 21 heavy (non-hydrogen) atoms. The number of halogens is 6. The molecular weight excluding hydrogens is 390 g/mol. The summed E-state index contributed by atoms with van der Waals surface area (Å²) in [5.41, 5.74) is -0.00430. The molecule has 0 saturated carbocycles. The summed E-state index contributed by atoms with van der Waals surface area (Å²) in [7, 11) is 0. The summed E-state index contributed by atoms with van der Waals surface area (Å²) in [6, 6.07) is 8.80. The van der Waals surface area contributed by atoms with Crippen molar-refractivity contribution in [3.05, 3.63) is 62.0 Å². The fraction of sp³-hybridized carbons (Fsp3) is 0.143. The second-order valence-corrected chi connectivity index (χ2v) is 5.99. The van der Waals surface area contributed by atoms with Crippen LogP contribution in [0.4, 0.5) is 18.9 Å². The van der Waals surface area contributed by atoms with Crippen LogP contribution in [0.3, 0.4) is 0 Å². The molecule has 0 amide bonds. The molecule has 0 aliphatic heterocycles. The van der Waals surface area contributed by atoms with Gasteiger partial charge in [-0.15, -0.1) is 0 Å². The summed E-state index contributed by atoms with van der Waals surface area (Å²) in [6.45, 7) is 0.237. The molecule has 0 spiro atoms. The molecule has 0 aliphatic rings. The lowest BCUT2D eigenvalue weighted by atomic mass is 10.1.